The number of carbonyl (C=O) groups excluding carboxylic acids is 1. The van der Waals surface area contributed by atoms with Crippen LogP contribution in [0.1, 0.15) is 65.6 Å². The highest BCUT2D eigenvalue weighted by molar-refractivity contribution is 7.80. The molecule has 3 N–H and O–H groups in total. The summed E-state index contributed by atoms with van der Waals surface area (Å²) in [4.78, 5) is 14.4. The molecular weight excluding hydrogens is 326 g/mol. The van der Waals surface area contributed by atoms with E-state index >= 15 is 0 Å². The molecule has 0 saturated heterocycles. The maximum Gasteiger partial charge on any atom is 0.279 e. The van der Waals surface area contributed by atoms with Crippen molar-refractivity contribution in [2.45, 2.75) is 64.3 Å². The number of nitrogens with one attached hydrogen (secondary N) is 3. The largest absolute Gasteiger partial charge is 0.359 e. The van der Waals surface area contributed by atoms with Crippen molar-refractivity contribution in [3.8, 4) is 0 Å². The van der Waals surface area contributed by atoms with Gasteiger partial charge in [0.15, 0.2) is 5.11 Å². The minimum absolute atomic E-state index is 0.0927. The lowest BCUT2D eigenvalue weighted by atomic mass is 9.90. The molecule has 2 aliphatic rings. The number of fused-ring (bicyclic) bond motifs is 1. The second-order valence-corrected chi connectivity index (χ2v) is 8.34. The molecule has 1 saturated carbocycles. The number of thiophene rings is 1. The van der Waals surface area contributed by atoms with Crippen LogP contribution in [0.25, 0.3) is 0 Å². The van der Waals surface area contributed by atoms with Crippen molar-refractivity contribution in [1.29, 1.82) is 0 Å². The lowest BCUT2D eigenvalue weighted by Gasteiger charge is -2.24. The summed E-state index contributed by atoms with van der Waals surface area (Å²) in [5.41, 5.74) is 6.92. The molecule has 0 aromatic carbocycles. The molecule has 0 spiro atoms. The maximum absolute atomic E-state index is 12.3. The quantitative estimate of drug-likeness (QED) is 0.565. The molecule has 0 radical (unpaired) electrons. The van der Waals surface area contributed by atoms with E-state index in [0.717, 1.165) is 36.5 Å². The lowest BCUT2D eigenvalue weighted by molar-refractivity contribution is 0.0947. The van der Waals surface area contributed by atoms with Gasteiger partial charge in [-0.1, -0.05) is 26.2 Å². The number of hydrazine groups is 1. The average molecular weight is 352 g/mol. The third-order valence-electron chi connectivity index (χ3n) is 4.78. The van der Waals surface area contributed by atoms with E-state index in [1.54, 1.807) is 11.3 Å². The van der Waals surface area contributed by atoms with Crippen molar-refractivity contribution in [2.75, 3.05) is 0 Å². The first kappa shape index (κ1) is 16.7. The van der Waals surface area contributed by atoms with Gasteiger partial charge in [-0.05, 0) is 61.9 Å². The van der Waals surface area contributed by atoms with Crippen molar-refractivity contribution in [3.05, 3.63) is 21.4 Å². The third kappa shape index (κ3) is 4.44. The minimum atomic E-state index is -0.0927. The summed E-state index contributed by atoms with van der Waals surface area (Å²) in [5.74, 6) is 0.628. The van der Waals surface area contributed by atoms with Gasteiger partial charge in [-0.25, -0.2) is 0 Å². The van der Waals surface area contributed by atoms with E-state index in [1.807, 2.05) is 6.07 Å². The molecule has 1 fully saturated rings. The Labute approximate surface area is 147 Å². The Morgan fingerprint density at radius 2 is 2.00 bits per heavy atom. The Kier molecular flexibility index (Phi) is 5.54. The van der Waals surface area contributed by atoms with Crippen LogP contribution in [0, 0.1) is 5.92 Å². The zero-order valence-corrected chi connectivity index (χ0v) is 15.2. The molecule has 3 rings (SSSR count). The molecule has 1 atom stereocenters. The van der Waals surface area contributed by atoms with Gasteiger partial charge in [0.2, 0.25) is 0 Å². The zero-order chi connectivity index (χ0) is 16.2. The molecule has 126 valence electrons. The summed E-state index contributed by atoms with van der Waals surface area (Å²) in [6, 6.07) is 2.49. The molecule has 2 aliphatic carbocycles. The zero-order valence-electron chi connectivity index (χ0n) is 13.6. The smallest absolute Gasteiger partial charge is 0.279 e. The second-order valence-electron chi connectivity index (χ2n) is 6.79. The number of hydrogen-bond donors (Lipinski definition) is 3. The summed E-state index contributed by atoms with van der Waals surface area (Å²) >= 11 is 6.89. The Hall–Kier alpha value is -1.14. The normalized spacial score (nSPS) is 21.3. The van der Waals surface area contributed by atoms with Crippen LogP contribution in [-0.2, 0) is 12.8 Å². The van der Waals surface area contributed by atoms with E-state index in [1.165, 1.54) is 36.1 Å². The van der Waals surface area contributed by atoms with Crippen molar-refractivity contribution < 1.29 is 4.79 Å². The summed E-state index contributed by atoms with van der Waals surface area (Å²) < 4.78 is 0. The highest BCUT2D eigenvalue weighted by atomic mass is 32.1. The highest BCUT2D eigenvalue weighted by Crippen LogP contribution is 2.32. The monoisotopic (exact) mass is 351 g/mol. The molecule has 23 heavy (non-hydrogen) atoms. The van der Waals surface area contributed by atoms with Crippen LogP contribution in [0.15, 0.2) is 6.07 Å². The van der Waals surface area contributed by atoms with Crippen LogP contribution in [-0.4, -0.2) is 17.1 Å². The van der Waals surface area contributed by atoms with E-state index in [9.17, 15) is 4.79 Å². The lowest BCUT2D eigenvalue weighted by Crippen LogP contribution is -2.49. The molecular formula is C17H25N3OS2. The number of rotatable bonds is 2. The molecule has 1 amide bonds. The predicted octanol–water partition coefficient (Wildman–Crippen LogP) is 3.31. The standard InChI is InChI=1S/C17H25N3OS2/c1-11-7-8-14-12(9-11)10-15(23-14)16(21)19-20-17(22)18-13-5-3-2-4-6-13/h10-11,13H,2-9H2,1H3,(H,19,21)(H2,18,20,22)/t11-/m1/s1. The minimum Gasteiger partial charge on any atom is -0.359 e. The van der Waals surface area contributed by atoms with Gasteiger partial charge in [0, 0.05) is 10.9 Å². The molecule has 1 aromatic heterocycles. The van der Waals surface area contributed by atoms with E-state index in [4.69, 9.17) is 12.2 Å². The van der Waals surface area contributed by atoms with E-state index in [2.05, 4.69) is 23.1 Å². The number of carbonyl (C=O) groups is 1. The Bertz CT molecular complexity index is 578. The molecule has 0 aliphatic heterocycles. The fourth-order valence-corrected chi connectivity index (χ4v) is 4.78. The molecule has 1 heterocycles. The fraction of sp³-hybridized carbons (Fsp3) is 0.647. The van der Waals surface area contributed by atoms with Crippen molar-refractivity contribution >= 4 is 34.6 Å². The first-order valence-electron chi connectivity index (χ1n) is 8.60. The van der Waals surface area contributed by atoms with E-state index in [0.29, 0.717) is 11.2 Å². The maximum atomic E-state index is 12.3. The van der Waals surface area contributed by atoms with Gasteiger partial charge in [-0.15, -0.1) is 11.3 Å². The number of thiocarbonyl (C=S) groups is 1. The number of aryl methyl sites for hydroxylation is 1. The highest BCUT2D eigenvalue weighted by Gasteiger charge is 2.21. The Morgan fingerprint density at radius 1 is 1.22 bits per heavy atom. The van der Waals surface area contributed by atoms with Gasteiger partial charge in [0.05, 0.1) is 4.88 Å². The fourth-order valence-electron chi connectivity index (χ4n) is 3.46. The van der Waals surface area contributed by atoms with Crippen molar-refractivity contribution in [3.63, 3.8) is 0 Å². The molecule has 0 bridgehead atoms. The van der Waals surface area contributed by atoms with Gasteiger partial charge >= 0.3 is 0 Å². The van der Waals surface area contributed by atoms with Gasteiger partial charge < -0.3 is 5.32 Å². The summed E-state index contributed by atoms with van der Waals surface area (Å²) in [6.07, 6.45) is 9.56. The Balaban J connectivity index is 1.48. The predicted molar refractivity (Wildman–Crippen MR) is 98.7 cm³/mol. The number of amides is 1. The van der Waals surface area contributed by atoms with Crippen molar-refractivity contribution in [2.24, 2.45) is 5.92 Å². The summed E-state index contributed by atoms with van der Waals surface area (Å²) in [5, 5.41) is 3.80. The second kappa shape index (κ2) is 7.62. The molecule has 4 nitrogen and oxygen atoms in total. The topological polar surface area (TPSA) is 53.2 Å². The number of hydrogen-bond acceptors (Lipinski definition) is 3. The van der Waals surface area contributed by atoms with Crippen LogP contribution in [0.4, 0.5) is 0 Å². The van der Waals surface area contributed by atoms with Crippen LogP contribution < -0.4 is 16.2 Å². The first-order valence-corrected chi connectivity index (χ1v) is 9.82. The Morgan fingerprint density at radius 3 is 2.78 bits per heavy atom. The summed E-state index contributed by atoms with van der Waals surface area (Å²) in [7, 11) is 0. The van der Waals surface area contributed by atoms with Crippen LogP contribution in [0.2, 0.25) is 0 Å². The first-order chi connectivity index (χ1) is 11.1. The van der Waals surface area contributed by atoms with Crippen molar-refractivity contribution in [1.82, 2.24) is 16.2 Å². The van der Waals surface area contributed by atoms with Gasteiger partial charge in [0.1, 0.15) is 0 Å². The van der Waals surface area contributed by atoms with Crippen LogP contribution in [0.5, 0.6) is 0 Å². The SMILES string of the molecule is C[C@@H]1CCc2sc(C(=O)NNC(=S)NC3CCCCC3)cc2C1. The average Bonchev–Trinajstić information content (AvgIpc) is 2.96. The van der Waals surface area contributed by atoms with Gasteiger partial charge in [-0.3, -0.25) is 15.6 Å². The third-order valence-corrected chi connectivity index (χ3v) is 6.24. The van der Waals surface area contributed by atoms with Crippen LogP contribution in [0.3, 0.4) is 0 Å². The molecule has 6 heteroatoms. The van der Waals surface area contributed by atoms with Crippen LogP contribution >= 0.6 is 23.6 Å². The summed E-state index contributed by atoms with van der Waals surface area (Å²) in [6.45, 7) is 2.28. The molecule has 0 unspecified atom stereocenters. The molecule has 1 aromatic rings. The van der Waals surface area contributed by atoms with Gasteiger partial charge in [0.25, 0.3) is 5.91 Å². The van der Waals surface area contributed by atoms with Gasteiger partial charge in [-0.2, -0.15) is 0 Å². The van der Waals surface area contributed by atoms with E-state index < -0.39 is 0 Å². The van der Waals surface area contributed by atoms with E-state index in [-0.39, 0.29) is 5.91 Å².